The van der Waals surface area contributed by atoms with Crippen LogP contribution < -0.4 is 0 Å². The number of unbranched alkanes of at least 4 members (excludes halogenated alkanes) is 1. The Hall–Kier alpha value is -1.82. The number of rotatable bonds is 6. The number of fused-ring (bicyclic) bond motifs is 1. The quantitative estimate of drug-likeness (QED) is 0.436. The summed E-state index contributed by atoms with van der Waals surface area (Å²) < 4.78 is 0. The molecule has 0 aliphatic heterocycles. The Morgan fingerprint density at radius 2 is 1.62 bits per heavy atom. The number of allylic oxidation sites excluding steroid dienone is 2. The highest BCUT2D eigenvalue weighted by Gasteiger charge is 2.21. The summed E-state index contributed by atoms with van der Waals surface area (Å²) in [6.45, 7) is 4.46. The summed E-state index contributed by atoms with van der Waals surface area (Å²) in [6.07, 6.45) is 18.1. The van der Waals surface area contributed by atoms with Crippen LogP contribution in [0.2, 0.25) is 0 Å². The highest BCUT2D eigenvalue weighted by atomic mass is 14.3. The average Bonchev–Trinajstić information content (AvgIpc) is 2.78. The van der Waals surface area contributed by atoms with Crippen LogP contribution in [0.15, 0.2) is 54.6 Å². The zero-order valence-electron chi connectivity index (χ0n) is 18.5. The minimum atomic E-state index is 0.758. The van der Waals surface area contributed by atoms with E-state index in [1.807, 2.05) is 0 Å². The fraction of sp³-hybridized carbons (Fsp3) is 0.517. The van der Waals surface area contributed by atoms with Gasteiger partial charge in [-0.05, 0) is 97.4 Å². The standard InChI is InChI=1S/C29H38/c1-3-5-7-23-10-13-29-21-28(19-18-27(29)20-23)26-16-14-25(15-17-26)24-11-8-22(6-4-2)9-12-24/h4,6,14-19,21-24H,3,5,7-13,20H2,1-2H3/b6-4+. The predicted molar refractivity (Wildman–Crippen MR) is 126 cm³/mol. The third kappa shape index (κ3) is 5.03. The Kier molecular flexibility index (Phi) is 6.90. The van der Waals surface area contributed by atoms with Crippen molar-refractivity contribution in [2.24, 2.45) is 11.8 Å². The largest absolute Gasteiger partial charge is 0.0914 e. The van der Waals surface area contributed by atoms with Crippen LogP contribution in [-0.2, 0) is 12.8 Å². The lowest BCUT2D eigenvalue weighted by Gasteiger charge is -2.27. The molecule has 0 N–H and O–H groups in total. The zero-order chi connectivity index (χ0) is 20.1. The number of benzene rings is 2. The number of hydrogen-bond acceptors (Lipinski definition) is 0. The van der Waals surface area contributed by atoms with Crippen molar-refractivity contribution in [2.45, 2.75) is 84.0 Å². The smallest absolute Gasteiger partial charge is 0.0162 e. The molecule has 29 heavy (non-hydrogen) atoms. The summed E-state index contributed by atoms with van der Waals surface area (Å²) in [4.78, 5) is 0. The predicted octanol–water partition coefficient (Wildman–Crippen LogP) is 8.50. The van der Waals surface area contributed by atoms with Gasteiger partial charge >= 0.3 is 0 Å². The summed E-state index contributed by atoms with van der Waals surface area (Å²) in [6, 6.07) is 16.8. The van der Waals surface area contributed by atoms with E-state index in [-0.39, 0.29) is 0 Å². The summed E-state index contributed by atoms with van der Waals surface area (Å²) in [5.41, 5.74) is 7.54. The first-order chi connectivity index (χ1) is 14.3. The highest BCUT2D eigenvalue weighted by molar-refractivity contribution is 5.65. The Morgan fingerprint density at radius 1 is 0.862 bits per heavy atom. The number of hydrogen-bond donors (Lipinski definition) is 0. The molecule has 0 heteroatoms. The molecule has 2 aromatic rings. The minimum Gasteiger partial charge on any atom is -0.0914 e. The highest BCUT2D eigenvalue weighted by Crippen LogP contribution is 2.37. The van der Waals surface area contributed by atoms with Gasteiger partial charge in [0.05, 0.1) is 0 Å². The first-order valence-corrected chi connectivity index (χ1v) is 12.1. The average molecular weight is 387 g/mol. The minimum absolute atomic E-state index is 0.758. The summed E-state index contributed by atoms with van der Waals surface area (Å²) in [5.74, 6) is 2.48. The Labute approximate surface area is 178 Å². The van der Waals surface area contributed by atoms with Gasteiger partial charge in [-0.2, -0.15) is 0 Å². The fourth-order valence-electron chi connectivity index (χ4n) is 5.61. The molecular formula is C29H38. The molecule has 1 atom stereocenters. The van der Waals surface area contributed by atoms with E-state index in [4.69, 9.17) is 0 Å². The Morgan fingerprint density at radius 3 is 2.34 bits per heavy atom. The van der Waals surface area contributed by atoms with Crippen LogP contribution in [0, 0.1) is 11.8 Å². The third-order valence-corrected chi connectivity index (χ3v) is 7.45. The third-order valence-electron chi connectivity index (χ3n) is 7.45. The van der Waals surface area contributed by atoms with Crippen LogP contribution in [-0.4, -0.2) is 0 Å². The van der Waals surface area contributed by atoms with Gasteiger partial charge < -0.3 is 0 Å². The van der Waals surface area contributed by atoms with E-state index in [0.717, 1.165) is 17.8 Å². The van der Waals surface area contributed by atoms with Gasteiger partial charge in [0.1, 0.15) is 0 Å². The van der Waals surface area contributed by atoms with Gasteiger partial charge in [0.2, 0.25) is 0 Å². The molecule has 2 aromatic carbocycles. The topological polar surface area (TPSA) is 0 Å². The monoisotopic (exact) mass is 386 g/mol. The van der Waals surface area contributed by atoms with Crippen molar-refractivity contribution >= 4 is 0 Å². The molecule has 0 aromatic heterocycles. The summed E-state index contributed by atoms with van der Waals surface area (Å²) >= 11 is 0. The molecule has 1 unspecified atom stereocenters. The molecule has 0 saturated heterocycles. The Bertz CT molecular complexity index is 802. The number of aryl methyl sites for hydroxylation is 1. The molecule has 2 aliphatic rings. The molecule has 1 saturated carbocycles. The van der Waals surface area contributed by atoms with Crippen LogP contribution >= 0.6 is 0 Å². The van der Waals surface area contributed by atoms with Crippen molar-refractivity contribution in [2.75, 3.05) is 0 Å². The van der Waals surface area contributed by atoms with Gasteiger partial charge in [0.15, 0.2) is 0 Å². The van der Waals surface area contributed by atoms with Crippen LogP contribution in [0.1, 0.15) is 87.8 Å². The maximum Gasteiger partial charge on any atom is -0.0162 e. The molecule has 2 aliphatic carbocycles. The lowest BCUT2D eigenvalue weighted by molar-refractivity contribution is 0.376. The van der Waals surface area contributed by atoms with E-state index < -0.39 is 0 Å². The normalized spacial score (nSPS) is 24.6. The van der Waals surface area contributed by atoms with Gasteiger partial charge in [-0.25, -0.2) is 0 Å². The molecule has 0 spiro atoms. The lowest BCUT2D eigenvalue weighted by Crippen LogP contribution is -2.14. The van der Waals surface area contributed by atoms with E-state index >= 15 is 0 Å². The molecule has 0 heterocycles. The van der Waals surface area contributed by atoms with Gasteiger partial charge in [-0.3, -0.25) is 0 Å². The lowest BCUT2D eigenvalue weighted by atomic mass is 9.78. The van der Waals surface area contributed by atoms with Crippen LogP contribution in [0.4, 0.5) is 0 Å². The molecule has 1 fully saturated rings. The van der Waals surface area contributed by atoms with Crippen LogP contribution in [0.25, 0.3) is 11.1 Å². The van der Waals surface area contributed by atoms with Gasteiger partial charge in [-0.1, -0.05) is 80.8 Å². The molecule has 0 nitrogen and oxygen atoms in total. The summed E-state index contributed by atoms with van der Waals surface area (Å²) in [5, 5.41) is 0. The van der Waals surface area contributed by atoms with E-state index in [2.05, 4.69) is 68.5 Å². The van der Waals surface area contributed by atoms with Crippen molar-refractivity contribution in [3.63, 3.8) is 0 Å². The maximum atomic E-state index is 2.47. The molecule has 154 valence electrons. The van der Waals surface area contributed by atoms with E-state index in [1.165, 1.54) is 75.3 Å². The fourth-order valence-corrected chi connectivity index (χ4v) is 5.61. The second-order valence-corrected chi connectivity index (χ2v) is 9.49. The van der Waals surface area contributed by atoms with E-state index in [1.54, 1.807) is 16.7 Å². The van der Waals surface area contributed by atoms with Crippen molar-refractivity contribution in [3.05, 3.63) is 71.3 Å². The van der Waals surface area contributed by atoms with Crippen LogP contribution in [0.5, 0.6) is 0 Å². The van der Waals surface area contributed by atoms with Gasteiger partial charge in [0.25, 0.3) is 0 Å². The molecule has 0 radical (unpaired) electrons. The van der Waals surface area contributed by atoms with Gasteiger partial charge in [0, 0.05) is 0 Å². The second kappa shape index (κ2) is 9.79. The first kappa shape index (κ1) is 20.5. The summed E-state index contributed by atoms with van der Waals surface area (Å²) in [7, 11) is 0. The van der Waals surface area contributed by atoms with Crippen molar-refractivity contribution in [1.82, 2.24) is 0 Å². The molecule has 0 amide bonds. The maximum absolute atomic E-state index is 2.47. The van der Waals surface area contributed by atoms with Crippen molar-refractivity contribution in [1.29, 1.82) is 0 Å². The van der Waals surface area contributed by atoms with Crippen LogP contribution in [0.3, 0.4) is 0 Å². The zero-order valence-corrected chi connectivity index (χ0v) is 18.5. The van der Waals surface area contributed by atoms with E-state index in [9.17, 15) is 0 Å². The first-order valence-electron chi connectivity index (χ1n) is 12.1. The van der Waals surface area contributed by atoms with Gasteiger partial charge in [-0.15, -0.1) is 0 Å². The molecular weight excluding hydrogens is 348 g/mol. The molecule has 0 bridgehead atoms. The Balaban J connectivity index is 1.41. The second-order valence-electron chi connectivity index (χ2n) is 9.49. The van der Waals surface area contributed by atoms with E-state index in [0.29, 0.717) is 0 Å². The van der Waals surface area contributed by atoms with Crippen molar-refractivity contribution < 1.29 is 0 Å². The van der Waals surface area contributed by atoms with Crippen molar-refractivity contribution in [3.8, 4) is 11.1 Å². The molecule has 4 rings (SSSR count). The SMILES string of the molecule is C/C=C/C1CCC(c2ccc(-c3ccc4c(c3)CCC(CCCC)C4)cc2)CC1.